The second-order valence-corrected chi connectivity index (χ2v) is 8.13. The Labute approximate surface area is 211 Å². The number of benzene rings is 3. The first-order valence-electron chi connectivity index (χ1n) is 10.9. The van der Waals surface area contributed by atoms with Crippen molar-refractivity contribution in [3.05, 3.63) is 118 Å². The van der Waals surface area contributed by atoms with Crippen LogP contribution in [0, 0.1) is 12.7 Å². The highest BCUT2D eigenvalue weighted by molar-refractivity contribution is 6.31. The summed E-state index contributed by atoms with van der Waals surface area (Å²) >= 11 is 6.21. The number of nitrogens with zero attached hydrogens (tertiary/aromatic N) is 1. The number of rotatable bonds is 8. The summed E-state index contributed by atoms with van der Waals surface area (Å²) in [5, 5.41) is 7.19. The minimum atomic E-state index is -0.485. The van der Waals surface area contributed by atoms with Crippen molar-refractivity contribution in [2.45, 2.75) is 13.5 Å². The van der Waals surface area contributed by atoms with E-state index in [1.807, 2.05) is 19.1 Å². The zero-order valence-electron chi connectivity index (χ0n) is 19.1. The molecule has 1 aromatic heterocycles. The fourth-order valence-electron chi connectivity index (χ4n) is 3.24. The molecule has 0 aliphatic carbocycles. The zero-order valence-corrected chi connectivity index (χ0v) is 19.9. The molecule has 0 atom stereocenters. The molecule has 0 saturated carbocycles. The highest BCUT2D eigenvalue weighted by Crippen LogP contribution is 2.23. The van der Waals surface area contributed by atoms with Gasteiger partial charge in [0.1, 0.15) is 12.4 Å². The summed E-state index contributed by atoms with van der Waals surface area (Å²) in [6.07, 6.45) is 1.34. The third kappa shape index (κ3) is 6.37. The first-order chi connectivity index (χ1) is 17.4. The number of hydrogen-bond donors (Lipinski definition) is 2. The lowest BCUT2D eigenvalue weighted by molar-refractivity contribution is 0.0953. The number of nitrogens with one attached hydrogen (secondary N) is 2. The molecule has 36 heavy (non-hydrogen) atoms. The lowest BCUT2D eigenvalue weighted by Gasteiger charge is -2.08. The summed E-state index contributed by atoms with van der Waals surface area (Å²) in [5.41, 5.74) is 5.26. The number of hydrazone groups is 1. The normalized spacial score (nSPS) is 10.9. The lowest BCUT2D eigenvalue weighted by Crippen LogP contribution is -2.18. The van der Waals surface area contributed by atoms with Crippen LogP contribution in [-0.4, -0.2) is 18.0 Å². The maximum atomic E-state index is 13.1. The maximum Gasteiger partial charge on any atom is 0.285 e. The standard InChI is InChI=1S/C27H21ClFN3O4/c1-17-4-2-7-24(28)23(17)16-35-25-13-12-22(36-25)15-30-32-27(34)19-5-3-6-21(14-19)31-26(33)18-8-10-20(29)11-9-18/h2-15H,16H2,1H3,(H,31,33)(H,32,34)/b30-15+. The predicted octanol–water partition coefficient (Wildman–Crippen LogP) is 5.98. The largest absolute Gasteiger partial charge is 0.460 e. The molecule has 2 amide bonds. The summed E-state index contributed by atoms with van der Waals surface area (Å²) in [4.78, 5) is 24.8. The number of ether oxygens (including phenoxy) is 1. The van der Waals surface area contributed by atoms with Crippen LogP contribution >= 0.6 is 11.6 Å². The number of hydrogen-bond acceptors (Lipinski definition) is 5. The van der Waals surface area contributed by atoms with E-state index in [9.17, 15) is 14.0 Å². The van der Waals surface area contributed by atoms with Gasteiger partial charge in [0.05, 0.1) is 6.21 Å². The molecule has 4 rings (SSSR count). The number of aryl methyl sites for hydroxylation is 1. The molecule has 3 aromatic carbocycles. The van der Waals surface area contributed by atoms with Crippen molar-refractivity contribution in [2.75, 3.05) is 5.32 Å². The first kappa shape index (κ1) is 24.7. The molecular formula is C27H21ClFN3O4. The summed E-state index contributed by atoms with van der Waals surface area (Å²) < 4.78 is 24.3. The van der Waals surface area contributed by atoms with Crippen molar-refractivity contribution < 1.29 is 23.1 Å². The van der Waals surface area contributed by atoms with Gasteiger partial charge in [0.2, 0.25) is 0 Å². The third-order valence-electron chi connectivity index (χ3n) is 5.16. The van der Waals surface area contributed by atoms with Gasteiger partial charge in [-0.25, -0.2) is 9.82 Å². The predicted molar refractivity (Wildman–Crippen MR) is 135 cm³/mol. The number of carbonyl (C=O) groups is 2. The van der Waals surface area contributed by atoms with E-state index < -0.39 is 17.6 Å². The van der Waals surface area contributed by atoms with Crippen molar-refractivity contribution in [2.24, 2.45) is 5.10 Å². The Hall–Kier alpha value is -4.43. The fourth-order valence-corrected chi connectivity index (χ4v) is 3.51. The average molecular weight is 506 g/mol. The average Bonchev–Trinajstić information content (AvgIpc) is 3.32. The minimum Gasteiger partial charge on any atom is -0.460 e. The molecule has 0 fully saturated rings. The SMILES string of the molecule is Cc1cccc(Cl)c1COc1ccc(/C=N/NC(=O)c2cccc(NC(=O)c3ccc(F)cc3)c2)o1. The van der Waals surface area contributed by atoms with Gasteiger partial charge in [-0.05, 0) is 67.1 Å². The molecule has 4 aromatic rings. The van der Waals surface area contributed by atoms with Crippen LogP contribution in [0.4, 0.5) is 10.1 Å². The van der Waals surface area contributed by atoms with Gasteiger partial charge in [0, 0.05) is 33.5 Å². The molecule has 182 valence electrons. The number of amides is 2. The Balaban J connectivity index is 1.31. The summed E-state index contributed by atoms with van der Waals surface area (Å²) in [6, 6.07) is 20.4. The summed E-state index contributed by atoms with van der Waals surface area (Å²) in [7, 11) is 0. The van der Waals surface area contributed by atoms with Crippen molar-refractivity contribution in [3.63, 3.8) is 0 Å². The molecule has 0 unspecified atom stereocenters. The maximum absolute atomic E-state index is 13.1. The van der Waals surface area contributed by atoms with E-state index in [-0.39, 0.29) is 18.1 Å². The van der Waals surface area contributed by atoms with Gasteiger partial charge >= 0.3 is 0 Å². The highest BCUT2D eigenvalue weighted by atomic mass is 35.5. The van der Waals surface area contributed by atoms with Crippen LogP contribution in [0.5, 0.6) is 5.95 Å². The third-order valence-corrected chi connectivity index (χ3v) is 5.52. The van der Waals surface area contributed by atoms with Crippen molar-refractivity contribution >= 4 is 35.3 Å². The fraction of sp³-hybridized carbons (Fsp3) is 0.0741. The number of carbonyl (C=O) groups excluding carboxylic acids is 2. The van der Waals surface area contributed by atoms with E-state index in [4.69, 9.17) is 20.8 Å². The van der Waals surface area contributed by atoms with Gasteiger partial charge in [0.25, 0.3) is 17.8 Å². The molecule has 9 heteroatoms. The van der Waals surface area contributed by atoms with Crippen LogP contribution in [0.3, 0.4) is 0 Å². The Morgan fingerprint density at radius 3 is 2.56 bits per heavy atom. The summed E-state index contributed by atoms with van der Waals surface area (Å²) in [5.74, 6) is -0.683. The van der Waals surface area contributed by atoms with Gasteiger partial charge in [-0.1, -0.05) is 29.8 Å². The van der Waals surface area contributed by atoms with Gasteiger partial charge in [-0.3, -0.25) is 9.59 Å². The van der Waals surface area contributed by atoms with Crippen LogP contribution < -0.4 is 15.5 Å². The van der Waals surface area contributed by atoms with Gasteiger partial charge in [-0.2, -0.15) is 5.10 Å². The second-order valence-electron chi connectivity index (χ2n) is 7.72. The first-order valence-corrected chi connectivity index (χ1v) is 11.2. The quantitative estimate of drug-likeness (QED) is 0.228. The Morgan fingerprint density at radius 2 is 1.78 bits per heavy atom. The van der Waals surface area contributed by atoms with Gasteiger partial charge < -0.3 is 14.5 Å². The molecular weight excluding hydrogens is 485 g/mol. The van der Waals surface area contributed by atoms with E-state index >= 15 is 0 Å². The topological polar surface area (TPSA) is 92.9 Å². The molecule has 0 radical (unpaired) electrons. The second kappa shape index (κ2) is 11.3. The molecule has 0 aliphatic rings. The van der Waals surface area contributed by atoms with Crippen LogP contribution in [0.15, 0.2) is 88.4 Å². The molecule has 1 heterocycles. The van der Waals surface area contributed by atoms with E-state index in [1.54, 1.807) is 36.4 Å². The van der Waals surface area contributed by atoms with Crippen LogP contribution in [-0.2, 0) is 6.61 Å². The Bertz CT molecular complexity index is 1400. The number of anilines is 1. The Kier molecular flexibility index (Phi) is 7.77. The molecule has 7 nitrogen and oxygen atoms in total. The molecule has 0 bridgehead atoms. The smallest absolute Gasteiger partial charge is 0.285 e. The van der Waals surface area contributed by atoms with E-state index in [2.05, 4.69) is 15.8 Å². The van der Waals surface area contributed by atoms with E-state index in [1.165, 1.54) is 36.5 Å². The summed E-state index contributed by atoms with van der Waals surface area (Å²) in [6.45, 7) is 2.20. The van der Waals surface area contributed by atoms with Crippen molar-refractivity contribution in [1.82, 2.24) is 5.43 Å². The van der Waals surface area contributed by atoms with Crippen LogP contribution in [0.25, 0.3) is 0 Å². The lowest BCUT2D eigenvalue weighted by atomic mass is 10.1. The van der Waals surface area contributed by atoms with E-state index in [0.29, 0.717) is 22.0 Å². The molecule has 0 spiro atoms. The number of halogens is 2. The molecule has 2 N–H and O–H groups in total. The van der Waals surface area contributed by atoms with E-state index in [0.717, 1.165) is 11.1 Å². The minimum absolute atomic E-state index is 0.250. The Morgan fingerprint density at radius 1 is 1.00 bits per heavy atom. The number of furan rings is 1. The van der Waals surface area contributed by atoms with Crippen molar-refractivity contribution in [1.29, 1.82) is 0 Å². The monoisotopic (exact) mass is 505 g/mol. The molecule has 0 saturated heterocycles. The van der Waals surface area contributed by atoms with Crippen molar-refractivity contribution in [3.8, 4) is 5.95 Å². The van der Waals surface area contributed by atoms with Gasteiger partial charge in [-0.15, -0.1) is 0 Å². The van der Waals surface area contributed by atoms with Crippen LogP contribution in [0.2, 0.25) is 5.02 Å². The molecule has 0 aliphatic heterocycles. The highest BCUT2D eigenvalue weighted by Gasteiger charge is 2.10. The van der Waals surface area contributed by atoms with Gasteiger partial charge in [0.15, 0.2) is 5.76 Å². The zero-order chi connectivity index (χ0) is 25.5. The van der Waals surface area contributed by atoms with Crippen LogP contribution in [0.1, 0.15) is 37.6 Å².